The second-order valence-corrected chi connectivity index (χ2v) is 5.19. The molecule has 0 aliphatic rings. The Balaban J connectivity index is 2.28. The zero-order chi connectivity index (χ0) is 16.3. The minimum absolute atomic E-state index is 0.232. The minimum Gasteiger partial charge on any atom is -0.289 e. The molecule has 0 saturated heterocycles. The second kappa shape index (κ2) is 6.79. The molecule has 0 radical (unpaired) electrons. The van der Waals surface area contributed by atoms with E-state index in [-0.39, 0.29) is 6.07 Å². The third-order valence-electron chi connectivity index (χ3n) is 2.93. The van der Waals surface area contributed by atoms with Crippen molar-refractivity contribution < 1.29 is 22.4 Å². The number of hydrogen-bond acceptors (Lipinski definition) is 2. The molecule has 6 heteroatoms. The van der Waals surface area contributed by atoms with Crippen molar-refractivity contribution in [2.24, 2.45) is 0 Å². The van der Waals surface area contributed by atoms with Crippen LogP contribution in [-0.2, 0) is 0 Å². The molecule has 0 N–H and O–H groups in total. The molecule has 0 aliphatic carbocycles. The van der Waals surface area contributed by atoms with Crippen LogP contribution < -0.4 is 0 Å². The van der Waals surface area contributed by atoms with Crippen molar-refractivity contribution in [3.8, 4) is 0 Å². The van der Waals surface area contributed by atoms with E-state index in [1.165, 1.54) is 11.8 Å². The average molecular weight is 326 g/mol. The van der Waals surface area contributed by atoms with Crippen LogP contribution in [0.2, 0.25) is 0 Å². The van der Waals surface area contributed by atoms with Crippen LogP contribution in [-0.4, -0.2) is 12.0 Å². The Morgan fingerprint density at radius 3 is 2.23 bits per heavy atom. The van der Waals surface area contributed by atoms with Crippen molar-refractivity contribution in [3.05, 3.63) is 70.8 Å². The number of thioether (sulfide) groups is 1. The maximum atomic E-state index is 13.5. The van der Waals surface area contributed by atoms with E-state index < -0.39 is 34.6 Å². The molecular formula is C16H10F4OS. The largest absolute Gasteiger partial charge is 0.289 e. The van der Waals surface area contributed by atoms with Crippen LogP contribution in [0.4, 0.5) is 17.6 Å². The van der Waals surface area contributed by atoms with Crippen LogP contribution in [0.25, 0.3) is 6.08 Å². The van der Waals surface area contributed by atoms with Crippen molar-refractivity contribution in [3.63, 3.8) is 0 Å². The number of carbonyl (C=O) groups excluding carboxylic acids is 1. The van der Waals surface area contributed by atoms with E-state index in [9.17, 15) is 22.4 Å². The Morgan fingerprint density at radius 2 is 1.64 bits per heavy atom. The van der Waals surface area contributed by atoms with Gasteiger partial charge in [-0.05, 0) is 42.7 Å². The van der Waals surface area contributed by atoms with Gasteiger partial charge in [0.2, 0.25) is 0 Å². The van der Waals surface area contributed by atoms with Crippen molar-refractivity contribution in [2.75, 3.05) is 6.26 Å². The first kappa shape index (κ1) is 16.3. The maximum absolute atomic E-state index is 13.5. The summed E-state index contributed by atoms with van der Waals surface area (Å²) in [6.07, 6.45) is 3.58. The van der Waals surface area contributed by atoms with Gasteiger partial charge < -0.3 is 0 Å². The molecule has 2 aromatic carbocycles. The van der Waals surface area contributed by atoms with Gasteiger partial charge in [-0.15, -0.1) is 11.8 Å². The summed E-state index contributed by atoms with van der Waals surface area (Å²) in [5.41, 5.74) is -0.481. The van der Waals surface area contributed by atoms with Gasteiger partial charge in [0, 0.05) is 22.1 Å². The number of ketones is 1. The summed E-state index contributed by atoms with van der Waals surface area (Å²) in [6.45, 7) is 0. The lowest BCUT2D eigenvalue weighted by atomic mass is 10.1. The Morgan fingerprint density at radius 1 is 1.00 bits per heavy atom. The van der Waals surface area contributed by atoms with Gasteiger partial charge >= 0.3 is 0 Å². The Labute approximate surface area is 128 Å². The van der Waals surface area contributed by atoms with E-state index in [2.05, 4.69) is 0 Å². The maximum Gasteiger partial charge on any atom is 0.195 e. The molecule has 0 unspecified atom stereocenters. The number of halogens is 4. The monoisotopic (exact) mass is 326 g/mol. The van der Waals surface area contributed by atoms with Crippen molar-refractivity contribution in [1.29, 1.82) is 0 Å². The molecule has 0 fully saturated rings. The van der Waals surface area contributed by atoms with Gasteiger partial charge in [-0.3, -0.25) is 4.79 Å². The lowest BCUT2D eigenvalue weighted by Crippen LogP contribution is -1.99. The van der Waals surface area contributed by atoms with Gasteiger partial charge in [0.05, 0.1) is 0 Å². The van der Waals surface area contributed by atoms with E-state index in [0.717, 1.165) is 17.0 Å². The first-order valence-electron chi connectivity index (χ1n) is 6.13. The van der Waals surface area contributed by atoms with E-state index in [4.69, 9.17) is 0 Å². The molecule has 0 saturated carbocycles. The highest BCUT2D eigenvalue weighted by molar-refractivity contribution is 7.98. The van der Waals surface area contributed by atoms with Crippen LogP contribution in [0.15, 0.2) is 41.3 Å². The van der Waals surface area contributed by atoms with Crippen LogP contribution in [0.1, 0.15) is 15.9 Å². The molecule has 0 aromatic heterocycles. The van der Waals surface area contributed by atoms with Crippen molar-refractivity contribution >= 4 is 23.6 Å². The second-order valence-electron chi connectivity index (χ2n) is 4.31. The molecule has 0 atom stereocenters. The molecule has 2 rings (SSSR count). The molecule has 2 aromatic rings. The predicted molar refractivity (Wildman–Crippen MR) is 77.9 cm³/mol. The van der Waals surface area contributed by atoms with Crippen LogP contribution in [0, 0.1) is 23.3 Å². The highest BCUT2D eigenvalue weighted by Crippen LogP contribution is 2.21. The summed E-state index contributed by atoms with van der Waals surface area (Å²) in [7, 11) is 0. The third-order valence-corrected chi connectivity index (χ3v) is 3.67. The molecule has 0 aliphatic heterocycles. The highest BCUT2D eigenvalue weighted by atomic mass is 32.2. The van der Waals surface area contributed by atoms with Gasteiger partial charge in [-0.1, -0.05) is 0 Å². The standard InChI is InChI=1S/C16H10F4OS/c1-22-10-4-2-9(3-5-10)14(21)7-6-11-12(17)8-13(18)16(20)15(11)19/h2-8H,1H3. The number of carbonyl (C=O) groups is 1. The third kappa shape index (κ3) is 3.39. The molecule has 1 nitrogen and oxygen atoms in total. The summed E-state index contributed by atoms with van der Waals surface area (Å²) < 4.78 is 52.8. The molecule has 22 heavy (non-hydrogen) atoms. The number of hydrogen-bond donors (Lipinski definition) is 0. The van der Waals surface area contributed by atoms with E-state index in [1.807, 2.05) is 6.26 Å². The average Bonchev–Trinajstić information content (AvgIpc) is 2.52. The molecule has 0 amide bonds. The Hall–Kier alpha value is -2.08. The van der Waals surface area contributed by atoms with Gasteiger partial charge in [0.15, 0.2) is 23.2 Å². The fraction of sp³-hybridized carbons (Fsp3) is 0.0625. The lowest BCUT2D eigenvalue weighted by molar-refractivity contribution is 0.104. The molecule has 114 valence electrons. The quantitative estimate of drug-likeness (QED) is 0.199. The predicted octanol–water partition coefficient (Wildman–Crippen LogP) is 4.86. The smallest absolute Gasteiger partial charge is 0.195 e. The summed E-state index contributed by atoms with van der Waals surface area (Å²) in [5.74, 6) is -6.85. The fourth-order valence-corrected chi connectivity index (χ4v) is 2.15. The molecule has 0 heterocycles. The summed E-state index contributed by atoms with van der Waals surface area (Å²) in [6, 6.07) is 6.82. The van der Waals surface area contributed by atoms with Gasteiger partial charge in [0.1, 0.15) is 5.82 Å². The van der Waals surface area contributed by atoms with Crippen LogP contribution in [0.5, 0.6) is 0 Å². The Bertz CT molecular complexity index is 739. The molecular weight excluding hydrogens is 316 g/mol. The van der Waals surface area contributed by atoms with Gasteiger partial charge in [0.25, 0.3) is 0 Å². The fourth-order valence-electron chi connectivity index (χ4n) is 1.74. The molecule has 0 bridgehead atoms. The molecule has 0 spiro atoms. The number of rotatable bonds is 4. The number of benzene rings is 2. The normalized spacial score (nSPS) is 11.1. The summed E-state index contributed by atoms with van der Waals surface area (Å²) in [4.78, 5) is 12.8. The highest BCUT2D eigenvalue weighted by Gasteiger charge is 2.17. The first-order valence-corrected chi connectivity index (χ1v) is 7.36. The van der Waals surface area contributed by atoms with Crippen molar-refractivity contribution in [2.45, 2.75) is 4.90 Å². The topological polar surface area (TPSA) is 17.1 Å². The van der Waals surface area contributed by atoms with Crippen molar-refractivity contribution in [1.82, 2.24) is 0 Å². The van der Waals surface area contributed by atoms with Crippen LogP contribution >= 0.6 is 11.8 Å². The van der Waals surface area contributed by atoms with Crippen LogP contribution in [0.3, 0.4) is 0 Å². The summed E-state index contributed by atoms with van der Waals surface area (Å²) in [5, 5.41) is 0. The SMILES string of the molecule is CSc1ccc(C(=O)C=Cc2c(F)cc(F)c(F)c2F)cc1. The minimum atomic E-state index is -1.78. The number of allylic oxidation sites excluding steroid dienone is 1. The zero-order valence-electron chi connectivity index (χ0n) is 11.4. The van der Waals surface area contributed by atoms with Gasteiger partial charge in [-0.25, -0.2) is 17.6 Å². The van der Waals surface area contributed by atoms with E-state index in [1.54, 1.807) is 24.3 Å². The van der Waals surface area contributed by atoms with Gasteiger partial charge in [-0.2, -0.15) is 0 Å². The van der Waals surface area contributed by atoms with E-state index in [0.29, 0.717) is 5.56 Å². The van der Waals surface area contributed by atoms with E-state index >= 15 is 0 Å². The summed E-state index contributed by atoms with van der Waals surface area (Å²) >= 11 is 1.50. The Kier molecular flexibility index (Phi) is 5.03. The first-order chi connectivity index (χ1) is 10.4. The zero-order valence-corrected chi connectivity index (χ0v) is 12.2. The lowest BCUT2D eigenvalue weighted by Gasteiger charge is -2.02.